The number of aromatic amines is 1. The molecule has 0 aliphatic heterocycles. The summed E-state index contributed by atoms with van der Waals surface area (Å²) >= 11 is 0. The first kappa shape index (κ1) is 11.7. The molecule has 0 spiro atoms. The van der Waals surface area contributed by atoms with E-state index in [0.717, 1.165) is 5.82 Å². The second-order valence-corrected chi connectivity index (χ2v) is 4.75. The Hall–Kier alpha value is -2.35. The van der Waals surface area contributed by atoms with Gasteiger partial charge in [0.15, 0.2) is 0 Å². The Bertz CT molecular complexity index is 683. The van der Waals surface area contributed by atoms with Crippen LogP contribution in [0, 0.1) is 13.8 Å². The summed E-state index contributed by atoms with van der Waals surface area (Å²) in [7, 11) is 0. The van der Waals surface area contributed by atoms with E-state index < -0.39 is 0 Å². The lowest BCUT2D eigenvalue weighted by atomic mass is 9.91. The minimum Gasteiger partial charge on any atom is -0.345 e. The van der Waals surface area contributed by atoms with Crippen molar-refractivity contribution in [3.8, 4) is 22.5 Å². The van der Waals surface area contributed by atoms with Crippen molar-refractivity contribution in [2.45, 2.75) is 13.8 Å². The number of rotatable bonds is 2. The number of benzene rings is 2. The van der Waals surface area contributed by atoms with Crippen molar-refractivity contribution in [1.29, 1.82) is 0 Å². The van der Waals surface area contributed by atoms with Crippen LogP contribution in [0.25, 0.3) is 22.5 Å². The molecule has 1 heterocycles. The maximum Gasteiger partial charge on any atom is 0.138 e. The lowest BCUT2D eigenvalue weighted by Crippen LogP contribution is -1.94. The second kappa shape index (κ2) is 4.73. The zero-order valence-electron chi connectivity index (χ0n) is 11.1. The van der Waals surface area contributed by atoms with Gasteiger partial charge < -0.3 is 4.98 Å². The number of imidazole rings is 1. The molecule has 3 rings (SSSR count). The topological polar surface area (TPSA) is 28.7 Å². The van der Waals surface area contributed by atoms with Crippen LogP contribution in [0.5, 0.6) is 0 Å². The third-order valence-electron chi connectivity index (χ3n) is 3.42. The van der Waals surface area contributed by atoms with Crippen LogP contribution in [0.1, 0.15) is 11.1 Å². The fourth-order valence-corrected chi connectivity index (χ4v) is 2.49. The number of hydrogen-bond acceptors (Lipinski definition) is 1. The van der Waals surface area contributed by atoms with Crippen LogP contribution in [0.15, 0.2) is 54.9 Å². The van der Waals surface area contributed by atoms with Crippen LogP contribution in [0.2, 0.25) is 0 Å². The van der Waals surface area contributed by atoms with Crippen molar-refractivity contribution in [1.82, 2.24) is 9.97 Å². The Morgan fingerprint density at radius 1 is 0.842 bits per heavy atom. The highest BCUT2D eigenvalue weighted by Crippen LogP contribution is 2.35. The van der Waals surface area contributed by atoms with E-state index in [1.54, 1.807) is 6.20 Å². The predicted octanol–water partition coefficient (Wildman–Crippen LogP) is 4.36. The van der Waals surface area contributed by atoms with E-state index in [1.165, 1.54) is 27.8 Å². The molecule has 0 unspecified atom stereocenters. The van der Waals surface area contributed by atoms with Gasteiger partial charge in [0.05, 0.1) is 0 Å². The zero-order valence-corrected chi connectivity index (χ0v) is 11.1. The minimum atomic E-state index is 0.931. The molecular weight excluding hydrogens is 232 g/mol. The van der Waals surface area contributed by atoms with E-state index in [9.17, 15) is 0 Å². The fraction of sp³-hybridized carbons (Fsp3) is 0.118. The van der Waals surface area contributed by atoms with E-state index in [1.807, 2.05) is 12.3 Å². The molecule has 0 amide bonds. The standard InChI is InChI=1S/C17H16N2/c1-12-8-9-13(2)16(17-18-10-11-19-17)15(12)14-6-4-3-5-7-14/h3-11H,1-2H3,(H,18,19). The summed E-state index contributed by atoms with van der Waals surface area (Å²) in [5.41, 5.74) is 6.18. The first-order chi connectivity index (χ1) is 9.27. The van der Waals surface area contributed by atoms with Gasteiger partial charge in [-0.15, -0.1) is 0 Å². The molecule has 2 heteroatoms. The molecular formula is C17H16N2. The van der Waals surface area contributed by atoms with Crippen molar-refractivity contribution >= 4 is 0 Å². The summed E-state index contributed by atoms with van der Waals surface area (Å²) in [6, 6.07) is 14.8. The quantitative estimate of drug-likeness (QED) is 0.717. The highest BCUT2D eigenvalue weighted by atomic mass is 14.9. The predicted molar refractivity (Wildman–Crippen MR) is 78.9 cm³/mol. The van der Waals surface area contributed by atoms with Gasteiger partial charge in [0, 0.05) is 18.0 Å². The smallest absolute Gasteiger partial charge is 0.138 e. The summed E-state index contributed by atoms with van der Waals surface area (Å²) in [4.78, 5) is 7.64. The molecule has 0 saturated heterocycles. The average Bonchev–Trinajstić information content (AvgIpc) is 2.96. The third kappa shape index (κ3) is 2.06. The first-order valence-corrected chi connectivity index (χ1v) is 6.43. The van der Waals surface area contributed by atoms with Gasteiger partial charge in [-0.25, -0.2) is 4.98 Å². The van der Waals surface area contributed by atoms with Gasteiger partial charge >= 0.3 is 0 Å². The van der Waals surface area contributed by atoms with Gasteiger partial charge in [0.1, 0.15) is 5.82 Å². The van der Waals surface area contributed by atoms with Crippen molar-refractivity contribution in [2.75, 3.05) is 0 Å². The summed E-state index contributed by atoms with van der Waals surface area (Å²) in [6.07, 6.45) is 3.66. The van der Waals surface area contributed by atoms with Crippen LogP contribution >= 0.6 is 0 Å². The first-order valence-electron chi connectivity index (χ1n) is 6.43. The number of aromatic nitrogens is 2. The fourth-order valence-electron chi connectivity index (χ4n) is 2.49. The number of H-pyrrole nitrogens is 1. The average molecular weight is 248 g/mol. The number of hydrogen-bond donors (Lipinski definition) is 1. The molecule has 0 fully saturated rings. The number of nitrogens with zero attached hydrogens (tertiary/aromatic N) is 1. The highest BCUT2D eigenvalue weighted by molar-refractivity contribution is 5.85. The minimum absolute atomic E-state index is 0.931. The summed E-state index contributed by atoms with van der Waals surface area (Å²) in [6.45, 7) is 4.28. The van der Waals surface area contributed by atoms with E-state index in [0.29, 0.717) is 0 Å². The van der Waals surface area contributed by atoms with Gasteiger partial charge in [0.2, 0.25) is 0 Å². The molecule has 0 atom stereocenters. The molecule has 2 nitrogen and oxygen atoms in total. The normalized spacial score (nSPS) is 10.6. The van der Waals surface area contributed by atoms with Crippen LogP contribution in [-0.2, 0) is 0 Å². The molecule has 1 N–H and O–H groups in total. The van der Waals surface area contributed by atoms with Crippen LogP contribution in [0.3, 0.4) is 0 Å². The zero-order chi connectivity index (χ0) is 13.2. The summed E-state index contributed by atoms with van der Waals surface area (Å²) in [5, 5.41) is 0. The maximum absolute atomic E-state index is 4.42. The van der Waals surface area contributed by atoms with Crippen LogP contribution in [0.4, 0.5) is 0 Å². The molecule has 1 aromatic heterocycles. The Balaban J connectivity index is 2.32. The molecule has 0 saturated carbocycles. The monoisotopic (exact) mass is 248 g/mol. The summed E-state index contributed by atoms with van der Waals surface area (Å²) in [5.74, 6) is 0.931. The van der Waals surface area contributed by atoms with Crippen molar-refractivity contribution in [2.24, 2.45) is 0 Å². The Morgan fingerprint density at radius 2 is 1.53 bits per heavy atom. The van der Waals surface area contributed by atoms with Gasteiger partial charge in [0.25, 0.3) is 0 Å². The molecule has 0 radical (unpaired) electrons. The van der Waals surface area contributed by atoms with Gasteiger partial charge in [-0.05, 0) is 36.1 Å². The molecule has 0 aliphatic carbocycles. The summed E-state index contributed by atoms with van der Waals surface area (Å²) < 4.78 is 0. The van der Waals surface area contributed by atoms with Crippen molar-refractivity contribution in [3.63, 3.8) is 0 Å². The third-order valence-corrected chi connectivity index (χ3v) is 3.42. The Kier molecular flexibility index (Phi) is 2.92. The van der Waals surface area contributed by atoms with Gasteiger partial charge in [-0.2, -0.15) is 0 Å². The van der Waals surface area contributed by atoms with Crippen LogP contribution in [-0.4, -0.2) is 9.97 Å². The Labute approximate surface area is 113 Å². The van der Waals surface area contributed by atoms with Gasteiger partial charge in [-0.1, -0.05) is 42.5 Å². The SMILES string of the molecule is Cc1ccc(C)c(-c2ncc[nH]2)c1-c1ccccc1. The maximum atomic E-state index is 4.42. The van der Waals surface area contributed by atoms with E-state index >= 15 is 0 Å². The van der Waals surface area contributed by atoms with E-state index in [2.05, 4.69) is 60.2 Å². The molecule has 94 valence electrons. The Morgan fingerprint density at radius 3 is 2.16 bits per heavy atom. The molecule has 3 aromatic rings. The van der Waals surface area contributed by atoms with Gasteiger partial charge in [-0.3, -0.25) is 0 Å². The molecule has 0 bridgehead atoms. The molecule has 19 heavy (non-hydrogen) atoms. The lowest BCUT2D eigenvalue weighted by molar-refractivity contribution is 1.27. The van der Waals surface area contributed by atoms with E-state index in [-0.39, 0.29) is 0 Å². The lowest BCUT2D eigenvalue weighted by Gasteiger charge is -2.14. The molecule has 2 aromatic carbocycles. The molecule has 0 aliphatic rings. The largest absolute Gasteiger partial charge is 0.345 e. The highest BCUT2D eigenvalue weighted by Gasteiger charge is 2.14. The number of aryl methyl sites for hydroxylation is 2. The number of nitrogens with one attached hydrogen (secondary N) is 1. The second-order valence-electron chi connectivity index (χ2n) is 4.75. The van der Waals surface area contributed by atoms with Crippen molar-refractivity contribution in [3.05, 3.63) is 66.0 Å². The van der Waals surface area contributed by atoms with Crippen LogP contribution < -0.4 is 0 Å². The van der Waals surface area contributed by atoms with Crippen molar-refractivity contribution < 1.29 is 0 Å². The van der Waals surface area contributed by atoms with E-state index in [4.69, 9.17) is 0 Å².